The largest absolute Gasteiger partial charge is 0.325 e. The Hall–Kier alpha value is -1.85. The van der Waals surface area contributed by atoms with Crippen molar-refractivity contribution in [3.63, 3.8) is 0 Å². The number of benzene rings is 2. The lowest BCUT2D eigenvalue weighted by Gasteiger charge is -2.28. The molecular formula is C23H29FN2OS. The molecule has 0 bridgehead atoms. The summed E-state index contributed by atoms with van der Waals surface area (Å²) in [5.74, 6) is 0.830. The first-order valence-electron chi connectivity index (χ1n) is 10.0. The molecule has 3 nitrogen and oxygen atoms in total. The Morgan fingerprint density at radius 3 is 2.57 bits per heavy atom. The molecule has 2 aromatic carbocycles. The first kappa shape index (κ1) is 20.9. The van der Waals surface area contributed by atoms with Crippen LogP contribution in [0.5, 0.6) is 0 Å². The van der Waals surface area contributed by atoms with Gasteiger partial charge in [0.05, 0.1) is 6.54 Å². The number of halogens is 1. The Morgan fingerprint density at radius 2 is 1.89 bits per heavy atom. The minimum absolute atomic E-state index is 0.0134. The van der Waals surface area contributed by atoms with Crippen molar-refractivity contribution in [1.82, 2.24) is 9.80 Å². The van der Waals surface area contributed by atoms with E-state index in [1.165, 1.54) is 23.3 Å². The van der Waals surface area contributed by atoms with Crippen LogP contribution in [0.3, 0.4) is 0 Å². The summed E-state index contributed by atoms with van der Waals surface area (Å²) in [6.45, 7) is 7.13. The topological polar surface area (TPSA) is 23.6 Å². The summed E-state index contributed by atoms with van der Waals surface area (Å²) >= 11 is 1.75. The van der Waals surface area contributed by atoms with Crippen molar-refractivity contribution >= 4 is 17.7 Å². The number of rotatable bonds is 8. The lowest BCUT2D eigenvalue weighted by Crippen LogP contribution is -2.40. The number of amides is 1. The molecule has 1 fully saturated rings. The molecule has 0 aromatic heterocycles. The van der Waals surface area contributed by atoms with Crippen LogP contribution in [0.4, 0.5) is 4.39 Å². The molecule has 0 saturated carbocycles. The van der Waals surface area contributed by atoms with Gasteiger partial charge < -0.3 is 4.90 Å². The fourth-order valence-electron chi connectivity index (χ4n) is 3.46. The fourth-order valence-corrected chi connectivity index (χ4v) is 4.74. The van der Waals surface area contributed by atoms with Crippen LogP contribution < -0.4 is 0 Å². The van der Waals surface area contributed by atoms with Crippen LogP contribution in [0.25, 0.3) is 0 Å². The zero-order chi connectivity index (χ0) is 19.9. The molecule has 28 heavy (non-hydrogen) atoms. The van der Waals surface area contributed by atoms with E-state index in [0.29, 0.717) is 6.54 Å². The van der Waals surface area contributed by atoms with E-state index in [2.05, 4.69) is 43.0 Å². The molecule has 2 aromatic rings. The van der Waals surface area contributed by atoms with E-state index in [9.17, 15) is 9.18 Å². The zero-order valence-electron chi connectivity index (χ0n) is 16.7. The van der Waals surface area contributed by atoms with Crippen LogP contribution in [0.15, 0.2) is 48.5 Å². The second-order valence-corrected chi connectivity index (χ2v) is 8.60. The number of aryl methyl sites for hydroxylation is 1. The van der Waals surface area contributed by atoms with Gasteiger partial charge in [-0.05, 0) is 43.1 Å². The van der Waals surface area contributed by atoms with Crippen molar-refractivity contribution in [2.24, 2.45) is 0 Å². The third kappa shape index (κ3) is 5.58. The Kier molecular flexibility index (Phi) is 7.51. The van der Waals surface area contributed by atoms with Gasteiger partial charge in [0.1, 0.15) is 11.2 Å². The maximum Gasteiger partial charge on any atom is 0.237 e. The van der Waals surface area contributed by atoms with Gasteiger partial charge in [-0.15, -0.1) is 11.8 Å². The lowest BCUT2D eigenvalue weighted by molar-refractivity contribution is -0.132. The molecule has 1 aliphatic heterocycles. The average Bonchev–Trinajstić information content (AvgIpc) is 3.18. The summed E-state index contributed by atoms with van der Waals surface area (Å²) in [5.41, 5.74) is 3.48. The number of carbonyl (C=O) groups excluding carboxylic acids is 1. The van der Waals surface area contributed by atoms with Gasteiger partial charge in [-0.3, -0.25) is 9.69 Å². The first-order chi connectivity index (χ1) is 13.6. The number of carbonyl (C=O) groups is 1. The van der Waals surface area contributed by atoms with Crippen molar-refractivity contribution in [1.29, 1.82) is 0 Å². The molecule has 0 radical (unpaired) electrons. The van der Waals surface area contributed by atoms with Gasteiger partial charge in [-0.1, -0.05) is 55.3 Å². The number of hydrogen-bond donors (Lipinski definition) is 0. The molecule has 0 spiro atoms. The van der Waals surface area contributed by atoms with Crippen LogP contribution in [-0.4, -0.2) is 41.1 Å². The molecule has 1 saturated heterocycles. The van der Waals surface area contributed by atoms with E-state index in [1.807, 2.05) is 4.90 Å². The zero-order valence-corrected chi connectivity index (χ0v) is 17.6. The first-order valence-corrected chi connectivity index (χ1v) is 11.1. The van der Waals surface area contributed by atoms with E-state index in [0.717, 1.165) is 43.8 Å². The summed E-state index contributed by atoms with van der Waals surface area (Å²) < 4.78 is 13.3. The van der Waals surface area contributed by atoms with Gasteiger partial charge in [-0.2, -0.15) is 0 Å². The molecular weight excluding hydrogens is 371 g/mol. The molecule has 0 unspecified atom stereocenters. The summed E-state index contributed by atoms with van der Waals surface area (Å²) in [4.78, 5) is 17.3. The molecule has 1 heterocycles. The van der Waals surface area contributed by atoms with Crippen molar-refractivity contribution in [2.75, 3.05) is 25.4 Å². The van der Waals surface area contributed by atoms with Gasteiger partial charge in [0.15, 0.2) is 0 Å². The maximum atomic E-state index is 13.3. The van der Waals surface area contributed by atoms with Crippen molar-refractivity contribution in [2.45, 2.75) is 38.6 Å². The number of thioether (sulfide) groups is 1. The van der Waals surface area contributed by atoms with E-state index < -0.39 is 0 Å². The van der Waals surface area contributed by atoms with Crippen LogP contribution in [0, 0.1) is 12.7 Å². The smallest absolute Gasteiger partial charge is 0.237 e. The Morgan fingerprint density at radius 1 is 1.18 bits per heavy atom. The molecule has 1 aliphatic rings. The predicted molar refractivity (Wildman–Crippen MR) is 115 cm³/mol. The summed E-state index contributed by atoms with van der Waals surface area (Å²) in [6.07, 6.45) is 2.19. The van der Waals surface area contributed by atoms with E-state index in [-0.39, 0.29) is 17.1 Å². The second kappa shape index (κ2) is 10.1. The van der Waals surface area contributed by atoms with Gasteiger partial charge >= 0.3 is 0 Å². The predicted octanol–water partition coefficient (Wildman–Crippen LogP) is 5.01. The molecule has 150 valence electrons. The summed E-state index contributed by atoms with van der Waals surface area (Å²) in [5, 5.41) is -0.0134. The number of hydrogen-bond acceptors (Lipinski definition) is 3. The maximum absolute atomic E-state index is 13.3. The highest BCUT2D eigenvalue weighted by atomic mass is 32.2. The van der Waals surface area contributed by atoms with Gasteiger partial charge in [0.25, 0.3) is 0 Å². The highest BCUT2D eigenvalue weighted by Gasteiger charge is 2.31. The quantitative estimate of drug-likeness (QED) is 0.622. The molecule has 1 amide bonds. The van der Waals surface area contributed by atoms with Gasteiger partial charge in [0, 0.05) is 18.8 Å². The van der Waals surface area contributed by atoms with Crippen LogP contribution >= 0.6 is 11.8 Å². The lowest BCUT2D eigenvalue weighted by atomic mass is 10.1. The molecule has 5 heteroatoms. The van der Waals surface area contributed by atoms with E-state index in [4.69, 9.17) is 0 Å². The Bertz CT molecular complexity index is 763. The summed E-state index contributed by atoms with van der Waals surface area (Å²) in [7, 11) is 0. The van der Waals surface area contributed by atoms with Crippen molar-refractivity contribution in [3.05, 3.63) is 71.0 Å². The molecule has 0 N–H and O–H groups in total. The highest BCUT2D eigenvalue weighted by Crippen LogP contribution is 2.37. The Labute approximate surface area is 171 Å². The van der Waals surface area contributed by atoms with E-state index >= 15 is 0 Å². The number of nitrogens with zero attached hydrogens (tertiary/aromatic N) is 2. The minimum atomic E-state index is -0.242. The van der Waals surface area contributed by atoms with Crippen molar-refractivity contribution in [3.8, 4) is 0 Å². The van der Waals surface area contributed by atoms with Gasteiger partial charge in [-0.25, -0.2) is 4.39 Å². The normalized spacial score (nSPS) is 16.7. The van der Waals surface area contributed by atoms with Crippen LogP contribution in [-0.2, 0) is 11.3 Å². The number of unbranched alkanes of at least 4 members (excludes halogenated alkanes) is 1. The fraction of sp³-hybridized carbons (Fsp3) is 0.435. The standard InChI is InChI=1S/C23H29FN2OS/c1-3-4-13-25(16-19-7-5-18(2)6-8-19)17-22(27)26-14-15-28-23(26)20-9-11-21(24)12-10-20/h5-12,23H,3-4,13-17H2,1-2H3/t23-/m0/s1. The van der Waals surface area contributed by atoms with Crippen molar-refractivity contribution < 1.29 is 9.18 Å². The second-order valence-electron chi connectivity index (χ2n) is 7.41. The SMILES string of the molecule is CCCCN(CC(=O)N1CCS[C@H]1c1ccc(F)cc1)Cc1ccc(C)cc1. The van der Waals surface area contributed by atoms with Crippen LogP contribution in [0.2, 0.25) is 0 Å². The third-order valence-electron chi connectivity index (χ3n) is 5.08. The average molecular weight is 401 g/mol. The molecule has 3 rings (SSSR count). The third-order valence-corrected chi connectivity index (χ3v) is 6.34. The Balaban J connectivity index is 1.67. The monoisotopic (exact) mass is 400 g/mol. The van der Waals surface area contributed by atoms with Crippen LogP contribution in [0.1, 0.15) is 41.8 Å². The van der Waals surface area contributed by atoms with E-state index in [1.54, 1.807) is 23.9 Å². The minimum Gasteiger partial charge on any atom is -0.325 e. The molecule has 0 aliphatic carbocycles. The van der Waals surface area contributed by atoms with Gasteiger partial charge in [0.2, 0.25) is 5.91 Å². The summed E-state index contributed by atoms with van der Waals surface area (Å²) in [6, 6.07) is 15.1. The highest BCUT2D eigenvalue weighted by molar-refractivity contribution is 7.99. The molecule has 1 atom stereocenters.